The van der Waals surface area contributed by atoms with E-state index in [2.05, 4.69) is 39.4 Å². The van der Waals surface area contributed by atoms with Gasteiger partial charge < -0.3 is 19.7 Å². The minimum Gasteiger partial charge on any atom is -0.496 e. The van der Waals surface area contributed by atoms with Crippen LogP contribution in [0.4, 0.5) is 0 Å². The number of ether oxygens (including phenoxy) is 2. The third-order valence-electron chi connectivity index (χ3n) is 4.49. The summed E-state index contributed by atoms with van der Waals surface area (Å²) in [6.45, 7) is 3.42. The first-order chi connectivity index (χ1) is 12.5. The highest BCUT2D eigenvalue weighted by atomic mass is 16.5. The zero-order valence-electron chi connectivity index (χ0n) is 16.1. The summed E-state index contributed by atoms with van der Waals surface area (Å²) < 4.78 is 13.2. The molecule has 0 saturated heterocycles. The lowest BCUT2D eigenvalue weighted by Crippen LogP contribution is -2.38. The first-order valence-electron chi connectivity index (χ1n) is 8.76. The van der Waals surface area contributed by atoms with Gasteiger partial charge in [0.1, 0.15) is 17.6 Å². The Morgan fingerprint density at radius 2 is 2.31 bits per heavy atom. The third kappa shape index (κ3) is 3.92. The topological polar surface area (TPSA) is 63.9 Å². The molecule has 0 saturated carbocycles. The standard InChI is InChI=1S/C19H27N5O2/c1-13-6-15-7-17(25-5)16(8-18(15)26-13)10-21-19(20-2)23(3)11-14-9-22-24(4)12-14/h7-9,12-13H,6,10-11H2,1-5H3,(H,20,21). The molecule has 1 aromatic heterocycles. The van der Waals surface area contributed by atoms with Crippen LogP contribution >= 0.6 is 0 Å². The number of hydrogen-bond donors (Lipinski definition) is 1. The van der Waals surface area contributed by atoms with Crippen LogP contribution in [0.3, 0.4) is 0 Å². The zero-order valence-corrected chi connectivity index (χ0v) is 16.1. The second-order valence-electron chi connectivity index (χ2n) is 6.68. The van der Waals surface area contributed by atoms with Crippen LogP contribution in [0.15, 0.2) is 29.5 Å². The number of aromatic nitrogens is 2. The molecule has 0 aliphatic carbocycles. The second-order valence-corrected chi connectivity index (χ2v) is 6.68. The summed E-state index contributed by atoms with van der Waals surface area (Å²) in [5, 5.41) is 7.61. The third-order valence-corrected chi connectivity index (χ3v) is 4.49. The number of nitrogens with one attached hydrogen (secondary N) is 1. The van der Waals surface area contributed by atoms with E-state index in [4.69, 9.17) is 9.47 Å². The Kier molecular flexibility index (Phi) is 5.35. The Balaban J connectivity index is 1.68. The summed E-state index contributed by atoms with van der Waals surface area (Å²) in [5.74, 6) is 2.64. The van der Waals surface area contributed by atoms with E-state index in [0.29, 0.717) is 6.54 Å². The van der Waals surface area contributed by atoms with Crippen LogP contribution in [-0.4, -0.2) is 47.9 Å². The Bertz CT molecular complexity index is 799. The van der Waals surface area contributed by atoms with Crippen molar-refractivity contribution in [2.45, 2.75) is 32.5 Å². The van der Waals surface area contributed by atoms with Crippen molar-refractivity contribution in [3.8, 4) is 11.5 Å². The molecule has 2 heterocycles. The fourth-order valence-corrected chi connectivity index (χ4v) is 3.27. The molecule has 0 amide bonds. The number of rotatable bonds is 5. The fraction of sp³-hybridized carbons (Fsp3) is 0.474. The number of aliphatic imine (C=N–C) groups is 1. The Morgan fingerprint density at radius 3 is 2.96 bits per heavy atom. The predicted octanol–water partition coefficient (Wildman–Crippen LogP) is 1.96. The quantitative estimate of drug-likeness (QED) is 0.655. The van der Waals surface area contributed by atoms with Crippen LogP contribution in [0.1, 0.15) is 23.6 Å². The molecule has 1 aliphatic rings. The Morgan fingerprint density at radius 1 is 1.50 bits per heavy atom. The summed E-state index contributed by atoms with van der Waals surface area (Å²) in [6, 6.07) is 4.15. The summed E-state index contributed by atoms with van der Waals surface area (Å²) in [4.78, 5) is 6.44. The van der Waals surface area contributed by atoms with Gasteiger partial charge in [0.05, 0.1) is 13.3 Å². The molecule has 1 unspecified atom stereocenters. The summed E-state index contributed by atoms with van der Waals surface area (Å²) >= 11 is 0. The van der Waals surface area contributed by atoms with Crippen LogP contribution in [0.25, 0.3) is 0 Å². The molecule has 1 atom stereocenters. The molecule has 0 bridgehead atoms. The van der Waals surface area contributed by atoms with Crippen LogP contribution in [-0.2, 0) is 26.6 Å². The van der Waals surface area contributed by atoms with E-state index in [0.717, 1.165) is 41.6 Å². The van der Waals surface area contributed by atoms with Crippen molar-refractivity contribution in [2.75, 3.05) is 21.2 Å². The van der Waals surface area contributed by atoms with Gasteiger partial charge in [-0.1, -0.05) is 0 Å². The zero-order chi connectivity index (χ0) is 18.7. The van der Waals surface area contributed by atoms with Crippen LogP contribution < -0.4 is 14.8 Å². The molecule has 0 radical (unpaired) electrons. The minimum atomic E-state index is 0.219. The van der Waals surface area contributed by atoms with E-state index in [1.165, 1.54) is 5.56 Å². The molecule has 0 fully saturated rings. The molecule has 7 nitrogen and oxygen atoms in total. The average Bonchev–Trinajstić information content (AvgIpc) is 3.18. The van der Waals surface area contributed by atoms with Gasteiger partial charge in [-0.05, 0) is 19.1 Å². The van der Waals surface area contributed by atoms with E-state index in [1.54, 1.807) is 18.8 Å². The first-order valence-corrected chi connectivity index (χ1v) is 8.76. The molecule has 1 N–H and O–H groups in total. The van der Waals surface area contributed by atoms with Crippen molar-refractivity contribution < 1.29 is 9.47 Å². The summed E-state index contributed by atoms with van der Waals surface area (Å²) in [6.07, 6.45) is 5.02. The smallest absolute Gasteiger partial charge is 0.193 e. The number of methoxy groups -OCH3 is 1. The fourth-order valence-electron chi connectivity index (χ4n) is 3.27. The van der Waals surface area contributed by atoms with Gasteiger partial charge in [-0.25, -0.2) is 0 Å². The maximum absolute atomic E-state index is 5.88. The molecule has 1 aliphatic heterocycles. The normalized spacial score (nSPS) is 16.2. The lowest BCUT2D eigenvalue weighted by molar-refractivity contribution is 0.254. The SMILES string of the molecule is CN=C(NCc1cc2c(cc1OC)CC(C)O2)N(C)Cc1cnn(C)c1. The molecule has 3 rings (SSSR count). The second kappa shape index (κ2) is 7.68. The van der Waals surface area contributed by atoms with Crippen LogP contribution in [0, 0.1) is 0 Å². The number of guanidine groups is 1. The van der Waals surface area contributed by atoms with Crippen molar-refractivity contribution in [2.24, 2.45) is 12.0 Å². The van der Waals surface area contributed by atoms with E-state index < -0.39 is 0 Å². The van der Waals surface area contributed by atoms with Gasteiger partial charge in [0.15, 0.2) is 5.96 Å². The molecule has 0 spiro atoms. The van der Waals surface area contributed by atoms with Gasteiger partial charge >= 0.3 is 0 Å². The molecule has 140 valence electrons. The van der Waals surface area contributed by atoms with Gasteiger partial charge in [0.2, 0.25) is 0 Å². The van der Waals surface area contributed by atoms with E-state index in [-0.39, 0.29) is 6.10 Å². The van der Waals surface area contributed by atoms with Crippen molar-refractivity contribution in [3.63, 3.8) is 0 Å². The monoisotopic (exact) mass is 357 g/mol. The maximum Gasteiger partial charge on any atom is 0.193 e. The van der Waals surface area contributed by atoms with Gasteiger partial charge in [0, 0.05) is 63.5 Å². The highest BCUT2D eigenvalue weighted by molar-refractivity contribution is 5.79. The molecular weight excluding hydrogens is 330 g/mol. The van der Waals surface area contributed by atoms with Crippen LogP contribution in [0.2, 0.25) is 0 Å². The largest absolute Gasteiger partial charge is 0.496 e. The number of hydrogen-bond acceptors (Lipinski definition) is 4. The van der Waals surface area contributed by atoms with Crippen molar-refractivity contribution in [1.82, 2.24) is 20.0 Å². The highest BCUT2D eigenvalue weighted by Crippen LogP contribution is 2.34. The Hall–Kier alpha value is -2.70. The maximum atomic E-state index is 5.88. The minimum absolute atomic E-state index is 0.219. The lowest BCUT2D eigenvalue weighted by Gasteiger charge is -2.22. The van der Waals surface area contributed by atoms with Gasteiger partial charge in [0.25, 0.3) is 0 Å². The van der Waals surface area contributed by atoms with Gasteiger partial charge in [-0.15, -0.1) is 0 Å². The number of benzene rings is 1. The van der Waals surface area contributed by atoms with Crippen LogP contribution in [0.5, 0.6) is 11.5 Å². The number of aryl methyl sites for hydroxylation is 1. The molecule has 26 heavy (non-hydrogen) atoms. The molecule has 1 aromatic carbocycles. The number of nitrogens with zero attached hydrogens (tertiary/aromatic N) is 4. The molecular formula is C19H27N5O2. The van der Waals surface area contributed by atoms with Gasteiger partial charge in [-0.3, -0.25) is 9.67 Å². The Labute approximate surface area is 154 Å². The molecule has 7 heteroatoms. The van der Waals surface area contributed by atoms with Crippen molar-refractivity contribution >= 4 is 5.96 Å². The number of fused-ring (bicyclic) bond motifs is 1. The van der Waals surface area contributed by atoms with E-state index in [9.17, 15) is 0 Å². The summed E-state index contributed by atoms with van der Waals surface area (Å²) in [5.41, 5.74) is 3.39. The average molecular weight is 357 g/mol. The first kappa shape index (κ1) is 18.1. The lowest BCUT2D eigenvalue weighted by atomic mass is 10.1. The van der Waals surface area contributed by atoms with E-state index >= 15 is 0 Å². The van der Waals surface area contributed by atoms with Gasteiger partial charge in [-0.2, -0.15) is 5.10 Å². The summed E-state index contributed by atoms with van der Waals surface area (Å²) in [7, 11) is 7.41. The van der Waals surface area contributed by atoms with E-state index in [1.807, 2.05) is 26.5 Å². The van der Waals surface area contributed by atoms with Crippen molar-refractivity contribution in [1.29, 1.82) is 0 Å². The van der Waals surface area contributed by atoms with Crippen molar-refractivity contribution in [3.05, 3.63) is 41.2 Å². The predicted molar refractivity (Wildman–Crippen MR) is 102 cm³/mol. The highest BCUT2D eigenvalue weighted by Gasteiger charge is 2.22. The molecule has 2 aromatic rings.